The number of β-amino-alcohol motifs (C(OH)–C–C–N with tert-alkyl or cyclic N) is 1. The molecule has 0 saturated carbocycles. The third-order valence-corrected chi connectivity index (χ3v) is 5.80. The molecule has 0 unspecified atom stereocenters. The van der Waals surface area contributed by atoms with Gasteiger partial charge in [0, 0.05) is 12.5 Å². The lowest BCUT2D eigenvalue weighted by Crippen LogP contribution is -2.43. The third kappa shape index (κ3) is 3.02. The van der Waals surface area contributed by atoms with E-state index in [1.54, 1.807) is 26.0 Å². The Morgan fingerprint density at radius 1 is 1.36 bits per heavy atom. The number of hydrogen-bond donors (Lipinski definition) is 1. The molecule has 22 heavy (non-hydrogen) atoms. The molecule has 1 aromatic rings. The number of ether oxygens (including phenoxy) is 1. The maximum absolute atomic E-state index is 12.8. The number of esters is 1. The fourth-order valence-electron chi connectivity index (χ4n) is 2.59. The van der Waals surface area contributed by atoms with Crippen molar-refractivity contribution >= 4 is 16.0 Å². The fourth-order valence-corrected chi connectivity index (χ4v) is 4.27. The van der Waals surface area contributed by atoms with Crippen LogP contribution in [0.15, 0.2) is 29.2 Å². The van der Waals surface area contributed by atoms with Gasteiger partial charge in [0.25, 0.3) is 0 Å². The SMILES string of the molecule is CCOC(=O)[C@@H]1[C@H](C)[C@@H](O)CN1S(=O)(=O)c1ccc(C)cc1. The van der Waals surface area contributed by atoms with Crippen molar-refractivity contribution < 1.29 is 23.1 Å². The molecule has 1 aliphatic heterocycles. The molecule has 1 aliphatic rings. The minimum atomic E-state index is -3.86. The van der Waals surface area contributed by atoms with Crippen LogP contribution in [0.2, 0.25) is 0 Å². The molecule has 3 atom stereocenters. The Kier molecular flexibility index (Phi) is 4.89. The summed E-state index contributed by atoms with van der Waals surface area (Å²) in [6, 6.07) is 5.40. The van der Waals surface area contributed by atoms with E-state index in [0.29, 0.717) is 0 Å². The molecule has 0 spiro atoms. The van der Waals surface area contributed by atoms with Gasteiger partial charge in [-0.05, 0) is 26.0 Å². The maximum atomic E-state index is 12.8. The molecule has 0 aliphatic carbocycles. The van der Waals surface area contributed by atoms with Gasteiger partial charge in [0.05, 0.1) is 17.6 Å². The number of nitrogens with zero attached hydrogens (tertiary/aromatic N) is 1. The number of benzene rings is 1. The predicted molar refractivity (Wildman–Crippen MR) is 80.7 cm³/mol. The van der Waals surface area contributed by atoms with Gasteiger partial charge in [-0.2, -0.15) is 4.31 Å². The van der Waals surface area contributed by atoms with Crippen LogP contribution in [0.1, 0.15) is 19.4 Å². The highest BCUT2D eigenvalue weighted by atomic mass is 32.2. The van der Waals surface area contributed by atoms with Gasteiger partial charge in [-0.3, -0.25) is 4.79 Å². The highest BCUT2D eigenvalue weighted by Crippen LogP contribution is 2.31. The molecule has 0 bridgehead atoms. The summed E-state index contributed by atoms with van der Waals surface area (Å²) >= 11 is 0. The second-order valence-electron chi connectivity index (χ2n) is 5.51. The van der Waals surface area contributed by atoms with Crippen molar-refractivity contribution in [1.29, 1.82) is 0 Å². The van der Waals surface area contributed by atoms with Gasteiger partial charge < -0.3 is 9.84 Å². The second kappa shape index (κ2) is 6.36. The van der Waals surface area contributed by atoms with Crippen LogP contribution in [-0.2, 0) is 19.6 Å². The van der Waals surface area contributed by atoms with Crippen molar-refractivity contribution in [3.8, 4) is 0 Å². The first kappa shape index (κ1) is 16.9. The second-order valence-corrected chi connectivity index (χ2v) is 7.40. The molecule has 0 aromatic heterocycles. The van der Waals surface area contributed by atoms with E-state index < -0.39 is 34.1 Å². The number of aryl methyl sites for hydroxylation is 1. The Morgan fingerprint density at radius 3 is 2.50 bits per heavy atom. The van der Waals surface area contributed by atoms with Crippen LogP contribution in [0.4, 0.5) is 0 Å². The average molecular weight is 327 g/mol. The first-order valence-electron chi connectivity index (χ1n) is 7.22. The average Bonchev–Trinajstić information content (AvgIpc) is 2.76. The topological polar surface area (TPSA) is 83.9 Å². The van der Waals surface area contributed by atoms with Gasteiger partial charge in [0.1, 0.15) is 6.04 Å². The summed E-state index contributed by atoms with van der Waals surface area (Å²) < 4.78 is 31.5. The molecule has 2 rings (SSSR count). The monoisotopic (exact) mass is 327 g/mol. The normalized spacial score (nSPS) is 26.1. The molecule has 1 fully saturated rings. The predicted octanol–water partition coefficient (Wildman–Crippen LogP) is 0.928. The molecular formula is C15H21NO5S. The van der Waals surface area contributed by atoms with E-state index in [4.69, 9.17) is 4.74 Å². The molecule has 6 nitrogen and oxygen atoms in total. The summed E-state index contributed by atoms with van der Waals surface area (Å²) in [5, 5.41) is 10.00. The standard InChI is InChI=1S/C15H21NO5S/c1-4-21-15(18)14-11(3)13(17)9-16(14)22(19,20)12-7-5-10(2)6-8-12/h5-8,11,13-14,17H,4,9H2,1-3H3/t11-,13+,14+/m1/s1. The quantitative estimate of drug-likeness (QED) is 0.832. The highest BCUT2D eigenvalue weighted by Gasteiger charge is 2.49. The molecule has 0 radical (unpaired) electrons. The Balaban J connectivity index is 2.39. The lowest BCUT2D eigenvalue weighted by molar-refractivity contribution is -0.148. The zero-order valence-electron chi connectivity index (χ0n) is 12.9. The van der Waals surface area contributed by atoms with Crippen molar-refractivity contribution in [3.05, 3.63) is 29.8 Å². The summed E-state index contributed by atoms with van der Waals surface area (Å²) in [4.78, 5) is 12.2. The van der Waals surface area contributed by atoms with Crippen molar-refractivity contribution in [3.63, 3.8) is 0 Å². The first-order valence-corrected chi connectivity index (χ1v) is 8.66. The van der Waals surface area contributed by atoms with Crippen LogP contribution in [0.5, 0.6) is 0 Å². The zero-order valence-corrected chi connectivity index (χ0v) is 13.7. The zero-order chi connectivity index (χ0) is 16.5. The van der Waals surface area contributed by atoms with E-state index in [1.165, 1.54) is 12.1 Å². The largest absolute Gasteiger partial charge is 0.465 e. The number of aliphatic hydroxyl groups excluding tert-OH is 1. The summed E-state index contributed by atoms with van der Waals surface area (Å²) in [5.74, 6) is -1.14. The molecule has 1 aromatic carbocycles. The third-order valence-electron chi connectivity index (χ3n) is 3.94. The fraction of sp³-hybridized carbons (Fsp3) is 0.533. The first-order chi connectivity index (χ1) is 10.3. The van der Waals surface area contributed by atoms with Crippen LogP contribution in [0.3, 0.4) is 0 Å². The lowest BCUT2D eigenvalue weighted by atomic mass is 10.0. The van der Waals surface area contributed by atoms with E-state index in [-0.39, 0.29) is 18.0 Å². The Hall–Kier alpha value is -1.44. The number of carbonyl (C=O) groups is 1. The molecule has 7 heteroatoms. The molecule has 1 heterocycles. The van der Waals surface area contributed by atoms with Crippen LogP contribution >= 0.6 is 0 Å². The minimum Gasteiger partial charge on any atom is -0.465 e. The van der Waals surface area contributed by atoms with Crippen molar-refractivity contribution in [2.24, 2.45) is 5.92 Å². The van der Waals surface area contributed by atoms with Crippen LogP contribution in [0.25, 0.3) is 0 Å². The Morgan fingerprint density at radius 2 is 1.95 bits per heavy atom. The Labute approximate surface area is 130 Å². The van der Waals surface area contributed by atoms with Crippen molar-refractivity contribution in [2.45, 2.75) is 37.8 Å². The molecule has 1 saturated heterocycles. The van der Waals surface area contributed by atoms with Crippen molar-refractivity contribution in [1.82, 2.24) is 4.31 Å². The van der Waals surface area contributed by atoms with Gasteiger partial charge in [-0.1, -0.05) is 24.6 Å². The minimum absolute atomic E-state index is 0.105. The van der Waals surface area contributed by atoms with Gasteiger partial charge in [-0.15, -0.1) is 0 Å². The molecule has 0 amide bonds. The van der Waals surface area contributed by atoms with Gasteiger partial charge in [0.2, 0.25) is 10.0 Å². The van der Waals surface area contributed by atoms with E-state index in [0.717, 1.165) is 9.87 Å². The van der Waals surface area contributed by atoms with E-state index in [1.807, 2.05) is 6.92 Å². The number of carbonyl (C=O) groups excluding carboxylic acids is 1. The lowest BCUT2D eigenvalue weighted by Gasteiger charge is -2.24. The molecule has 1 N–H and O–H groups in total. The summed E-state index contributed by atoms with van der Waals surface area (Å²) in [6.45, 7) is 5.22. The number of rotatable bonds is 4. The van der Waals surface area contributed by atoms with Crippen molar-refractivity contribution in [2.75, 3.05) is 13.2 Å². The van der Waals surface area contributed by atoms with Crippen LogP contribution < -0.4 is 0 Å². The Bertz CT molecular complexity index is 640. The smallest absolute Gasteiger partial charge is 0.324 e. The van der Waals surface area contributed by atoms with E-state index in [2.05, 4.69) is 0 Å². The summed E-state index contributed by atoms with van der Waals surface area (Å²) in [7, 11) is -3.86. The van der Waals surface area contributed by atoms with Gasteiger partial charge in [-0.25, -0.2) is 8.42 Å². The summed E-state index contributed by atoms with van der Waals surface area (Å²) in [6.07, 6.45) is -0.894. The molecule has 122 valence electrons. The number of hydrogen-bond acceptors (Lipinski definition) is 5. The van der Waals surface area contributed by atoms with Crippen LogP contribution in [-0.4, -0.2) is 49.1 Å². The number of sulfonamides is 1. The van der Waals surface area contributed by atoms with Gasteiger partial charge >= 0.3 is 5.97 Å². The van der Waals surface area contributed by atoms with E-state index >= 15 is 0 Å². The van der Waals surface area contributed by atoms with E-state index in [9.17, 15) is 18.3 Å². The van der Waals surface area contributed by atoms with Crippen LogP contribution in [0, 0.1) is 12.8 Å². The van der Waals surface area contributed by atoms with Gasteiger partial charge in [0.15, 0.2) is 0 Å². The highest BCUT2D eigenvalue weighted by molar-refractivity contribution is 7.89. The summed E-state index contributed by atoms with van der Waals surface area (Å²) in [5.41, 5.74) is 0.940. The number of aliphatic hydroxyl groups is 1. The molecular weight excluding hydrogens is 306 g/mol. The maximum Gasteiger partial charge on any atom is 0.324 e.